The predicted molar refractivity (Wildman–Crippen MR) is 129 cm³/mol. The van der Waals surface area contributed by atoms with Crippen molar-refractivity contribution in [1.29, 1.82) is 0 Å². The SMILES string of the molecule is CC1=Nc2c(cc(C#Cc3ccc(NS(C)(=O)=O)cc3)c[n+]2CCC(C)OS(=O)O)C1(C)C. The molecule has 33 heavy (non-hydrogen) atoms. The van der Waals surface area contributed by atoms with Crippen molar-refractivity contribution >= 4 is 38.6 Å². The van der Waals surface area contributed by atoms with Gasteiger partial charge in [-0.05, 0) is 63.0 Å². The zero-order valence-electron chi connectivity index (χ0n) is 19.2. The maximum atomic E-state index is 11.4. The summed E-state index contributed by atoms with van der Waals surface area (Å²) in [4.78, 5) is 4.77. The fourth-order valence-electron chi connectivity index (χ4n) is 3.45. The van der Waals surface area contributed by atoms with Crippen LogP contribution in [0.3, 0.4) is 0 Å². The van der Waals surface area contributed by atoms with E-state index in [0.29, 0.717) is 18.7 Å². The number of anilines is 1. The second-order valence-corrected chi connectivity index (χ2v) is 11.0. The number of benzene rings is 1. The van der Waals surface area contributed by atoms with Crippen LogP contribution in [-0.2, 0) is 37.5 Å². The normalized spacial score (nSPS) is 16.2. The Morgan fingerprint density at radius 2 is 1.88 bits per heavy atom. The van der Waals surface area contributed by atoms with Gasteiger partial charge in [0.1, 0.15) is 11.9 Å². The summed E-state index contributed by atoms with van der Waals surface area (Å²) in [6, 6.07) is 8.89. The molecule has 2 aromatic rings. The van der Waals surface area contributed by atoms with Gasteiger partial charge in [-0.3, -0.25) is 13.5 Å². The Bertz CT molecular complexity index is 1270. The van der Waals surface area contributed by atoms with E-state index in [1.54, 1.807) is 31.2 Å². The maximum Gasteiger partial charge on any atom is 0.327 e. The minimum absolute atomic E-state index is 0.234. The summed E-state index contributed by atoms with van der Waals surface area (Å²) in [6.07, 6.45) is 3.16. The molecule has 3 rings (SSSR count). The number of aryl methyl sites for hydroxylation is 1. The molecular formula is C23H28N3O5S2+. The molecule has 10 heteroatoms. The van der Waals surface area contributed by atoms with Crippen molar-refractivity contribution in [2.24, 2.45) is 4.99 Å². The van der Waals surface area contributed by atoms with E-state index in [1.165, 1.54) is 0 Å². The van der Waals surface area contributed by atoms with E-state index in [0.717, 1.165) is 34.5 Å². The standard InChI is InChI=1S/C23H27N3O5S2/c1-16(31-32(27)28)12-13-26-15-19(14-21-22(26)24-17(2)23(21,3)4)7-6-18-8-10-20(11-9-18)25-33(5,29)30/h8-11,14-16,25H,12-13H2,1-5H3/p+1. The first-order valence-electron chi connectivity index (χ1n) is 10.4. The molecule has 2 N–H and O–H groups in total. The number of nitrogens with zero attached hydrogens (tertiary/aromatic N) is 2. The number of aliphatic imine (C=N–C) groups is 1. The number of sulfonamides is 1. The van der Waals surface area contributed by atoms with Crippen LogP contribution in [-0.4, -0.2) is 35.3 Å². The van der Waals surface area contributed by atoms with Crippen molar-refractivity contribution < 1.29 is 25.9 Å². The summed E-state index contributed by atoms with van der Waals surface area (Å²) in [5.74, 6) is 7.17. The topological polar surface area (TPSA) is 109 Å². The molecule has 2 atom stereocenters. The number of rotatable bonds is 7. The highest BCUT2D eigenvalue weighted by Crippen LogP contribution is 2.38. The Morgan fingerprint density at radius 3 is 2.48 bits per heavy atom. The number of nitrogens with one attached hydrogen (secondary N) is 1. The number of hydrogen-bond acceptors (Lipinski definition) is 5. The Balaban J connectivity index is 1.90. The lowest BCUT2D eigenvalue weighted by molar-refractivity contribution is -0.685. The predicted octanol–water partition coefficient (Wildman–Crippen LogP) is 3.06. The van der Waals surface area contributed by atoms with Gasteiger partial charge in [-0.2, -0.15) is 4.21 Å². The van der Waals surface area contributed by atoms with Crippen LogP contribution in [0.2, 0.25) is 0 Å². The van der Waals surface area contributed by atoms with Gasteiger partial charge in [-0.25, -0.2) is 13.0 Å². The van der Waals surface area contributed by atoms with Crippen molar-refractivity contribution in [3.63, 3.8) is 0 Å². The van der Waals surface area contributed by atoms with Crippen LogP contribution in [0.1, 0.15) is 50.8 Å². The summed E-state index contributed by atoms with van der Waals surface area (Å²) in [6.45, 7) is 8.54. The minimum atomic E-state index is -3.33. The van der Waals surface area contributed by atoms with Gasteiger partial charge >= 0.3 is 17.2 Å². The number of aromatic nitrogens is 1. The molecular weight excluding hydrogens is 462 g/mol. The van der Waals surface area contributed by atoms with E-state index >= 15 is 0 Å². The number of pyridine rings is 1. The average Bonchev–Trinajstić information content (AvgIpc) is 2.93. The van der Waals surface area contributed by atoms with Gasteiger partial charge in [0.25, 0.3) is 0 Å². The van der Waals surface area contributed by atoms with Crippen molar-refractivity contribution in [3.05, 3.63) is 53.2 Å². The molecule has 2 heterocycles. The van der Waals surface area contributed by atoms with Crippen LogP contribution in [0, 0.1) is 11.8 Å². The average molecular weight is 491 g/mol. The van der Waals surface area contributed by atoms with Crippen LogP contribution in [0.15, 0.2) is 41.5 Å². The largest absolute Gasteiger partial charge is 0.327 e. The van der Waals surface area contributed by atoms with Gasteiger partial charge in [-0.15, -0.1) is 0 Å². The summed E-state index contributed by atoms with van der Waals surface area (Å²) in [7, 11) is -3.33. The van der Waals surface area contributed by atoms with Gasteiger partial charge in [-0.1, -0.05) is 11.8 Å². The molecule has 0 radical (unpaired) electrons. The van der Waals surface area contributed by atoms with Crippen LogP contribution in [0.25, 0.3) is 0 Å². The second kappa shape index (κ2) is 9.73. The van der Waals surface area contributed by atoms with Gasteiger partial charge < -0.3 is 0 Å². The first-order valence-corrected chi connectivity index (χ1v) is 13.3. The molecule has 0 amide bonds. The Morgan fingerprint density at radius 1 is 1.24 bits per heavy atom. The highest BCUT2D eigenvalue weighted by atomic mass is 32.2. The van der Waals surface area contributed by atoms with Crippen LogP contribution >= 0.6 is 0 Å². The number of fused-ring (bicyclic) bond motifs is 1. The van der Waals surface area contributed by atoms with E-state index in [-0.39, 0.29) is 5.41 Å². The third kappa shape index (κ3) is 6.48. The monoisotopic (exact) mass is 490 g/mol. The molecule has 0 fully saturated rings. The van der Waals surface area contributed by atoms with E-state index < -0.39 is 27.5 Å². The van der Waals surface area contributed by atoms with E-state index in [9.17, 15) is 12.6 Å². The lowest BCUT2D eigenvalue weighted by Gasteiger charge is -2.17. The third-order valence-corrected chi connectivity index (χ3v) is 6.62. The molecule has 1 aromatic carbocycles. The summed E-state index contributed by atoms with van der Waals surface area (Å²) >= 11 is -2.30. The van der Waals surface area contributed by atoms with Crippen molar-refractivity contribution in [1.82, 2.24) is 0 Å². The lowest BCUT2D eigenvalue weighted by atomic mass is 9.82. The molecule has 2 unspecified atom stereocenters. The molecule has 0 saturated carbocycles. The van der Waals surface area contributed by atoms with Crippen LogP contribution in [0.4, 0.5) is 11.5 Å². The quantitative estimate of drug-likeness (QED) is 0.352. The first-order chi connectivity index (χ1) is 15.3. The van der Waals surface area contributed by atoms with E-state index in [4.69, 9.17) is 13.7 Å². The highest BCUT2D eigenvalue weighted by Gasteiger charge is 2.41. The molecule has 1 aromatic heterocycles. The minimum Gasteiger partial charge on any atom is -0.284 e. The Kier molecular flexibility index (Phi) is 7.39. The second-order valence-electron chi connectivity index (χ2n) is 8.60. The van der Waals surface area contributed by atoms with Crippen molar-refractivity contribution in [2.45, 2.75) is 52.2 Å². The highest BCUT2D eigenvalue weighted by molar-refractivity contribution is 7.92. The fourth-order valence-corrected chi connectivity index (χ4v) is 4.39. The molecule has 1 aliphatic rings. The Hall–Kier alpha value is -2.58. The van der Waals surface area contributed by atoms with E-state index in [2.05, 4.69) is 30.4 Å². The lowest BCUT2D eigenvalue weighted by Crippen LogP contribution is -2.37. The molecule has 176 valence electrons. The first kappa shape index (κ1) is 25.1. The summed E-state index contributed by atoms with van der Waals surface area (Å²) in [5.41, 5.74) is 3.88. The van der Waals surface area contributed by atoms with Crippen molar-refractivity contribution in [2.75, 3.05) is 11.0 Å². The van der Waals surface area contributed by atoms with Crippen molar-refractivity contribution in [3.8, 4) is 11.8 Å². The molecule has 0 saturated heterocycles. The van der Waals surface area contributed by atoms with Crippen LogP contribution < -0.4 is 9.29 Å². The van der Waals surface area contributed by atoms with Gasteiger partial charge in [0, 0.05) is 17.7 Å². The summed E-state index contributed by atoms with van der Waals surface area (Å²) in [5, 5.41) is 0. The van der Waals surface area contributed by atoms with Gasteiger partial charge in [0.2, 0.25) is 10.0 Å². The molecule has 1 aliphatic heterocycles. The Labute approximate surface area is 197 Å². The summed E-state index contributed by atoms with van der Waals surface area (Å²) < 4.78 is 51.9. The zero-order valence-corrected chi connectivity index (χ0v) is 20.9. The van der Waals surface area contributed by atoms with Crippen LogP contribution in [0.5, 0.6) is 0 Å². The number of hydrogen-bond donors (Lipinski definition) is 2. The third-order valence-electron chi connectivity index (χ3n) is 5.52. The van der Waals surface area contributed by atoms with Gasteiger partial charge in [0.05, 0.1) is 35.4 Å². The smallest absolute Gasteiger partial charge is 0.284 e. The molecule has 8 nitrogen and oxygen atoms in total. The molecule has 0 spiro atoms. The maximum absolute atomic E-state index is 11.4. The van der Waals surface area contributed by atoms with E-state index in [1.807, 2.05) is 23.8 Å². The molecule has 0 bridgehead atoms. The zero-order chi connectivity index (χ0) is 24.4. The van der Waals surface area contributed by atoms with Gasteiger partial charge in [0.15, 0.2) is 0 Å². The molecule has 0 aliphatic carbocycles. The fraction of sp³-hybridized carbons (Fsp3) is 0.391.